The Morgan fingerprint density at radius 2 is 2.38 bits per heavy atom. The third kappa shape index (κ3) is 2.92. The first-order chi connectivity index (χ1) is 6.20. The van der Waals surface area contributed by atoms with Gasteiger partial charge in [-0.1, -0.05) is 44.6 Å². The monoisotopic (exact) mass is 181 g/mol. The number of hydrogen-bond donors (Lipinski definition) is 0. The summed E-state index contributed by atoms with van der Waals surface area (Å²) in [7, 11) is 0. The molecule has 2 atom stereocenters. The van der Waals surface area contributed by atoms with Crippen molar-refractivity contribution in [1.82, 2.24) is 0 Å². The fourth-order valence-electron chi connectivity index (χ4n) is 2.45. The molecule has 1 rings (SSSR count). The highest BCUT2D eigenvalue weighted by Crippen LogP contribution is 2.37. The summed E-state index contributed by atoms with van der Waals surface area (Å²) in [6, 6.07) is 0. The first kappa shape index (κ1) is 10.4. The van der Waals surface area contributed by atoms with E-state index in [1.807, 2.05) is 0 Å². The molecule has 74 valence electrons. The zero-order valence-electron chi connectivity index (χ0n) is 8.66. The number of azide groups is 1. The van der Waals surface area contributed by atoms with Crippen LogP contribution in [0.5, 0.6) is 0 Å². The average molecular weight is 181 g/mol. The maximum absolute atomic E-state index is 8.46. The van der Waals surface area contributed by atoms with Crippen LogP contribution in [-0.2, 0) is 0 Å². The summed E-state index contributed by atoms with van der Waals surface area (Å²) >= 11 is 0. The van der Waals surface area contributed by atoms with Gasteiger partial charge in [-0.05, 0) is 24.3 Å². The molecule has 1 aliphatic rings. The predicted molar refractivity (Wildman–Crippen MR) is 54.4 cm³/mol. The largest absolute Gasteiger partial charge is 0.0875 e. The van der Waals surface area contributed by atoms with E-state index in [1.54, 1.807) is 0 Å². The van der Waals surface area contributed by atoms with Gasteiger partial charge in [0, 0.05) is 10.5 Å². The molecule has 1 fully saturated rings. The van der Waals surface area contributed by atoms with Crippen molar-refractivity contribution in [3.63, 3.8) is 0 Å². The van der Waals surface area contributed by atoms with Crippen molar-refractivity contribution < 1.29 is 0 Å². The van der Waals surface area contributed by atoms with Crippen molar-refractivity contribution in [3.8, 4) is 0 Å². The molecule has 3 nitrogen and oxygen atoms in total. The van der Waals surface area contributed by atoms with Gasteiger partial charge in [0.15, 0.2) is 0 Å². The van der Waals surface area contributed by atoms with E-state index in [9.17, 15) is 0 Å². The molecule has 0 bridgehead atoms. The quantitative estimate of drug-likeness (QED) is 0.358. The van der Waals surface area contributed by atoms with E-state index in [1.165, 1.54) is 25.7 Å². The Morgan fingerprint density at radius 1 is 1.62 bits per heavy atom. The van der Waals surface area contributed by atoms with Crippen molar-refractivity contribution in [2.24, 2.45) is 11.0 Å². The smallest absolute Gasteiger partial charge is 0.0462 e. The lowest BCUT2D eigenvalue weighted by atomic mass is 9.76. The van der Waals surface area contributed by atoms with Crippen LogP contribution in [-0.4, -0.2) is 5.54 Å². The van der Waals surface area contributed by atoms with Gasteiger partial charge >= 0.3 is 0 Å². The second kappa shape index (κ2) is 4.52. The lowest BCUT2D eigenvalue weighted by molar-refractivity contribution is 0.231. The molecule has 0 aromatic heterocycles. The van der Waals surface area contributed by atoms with E-state index in [0.717, 1.165) is 18.8 Å². The summed E-state index contributed by atoms with van der Waals surface area (Å²) in [5.74, 6) is 0.786. The van der Waals surface area contributed by atoms with Gasteiger partial charge in [-0.15, -0.1) is 0 Å². The molecule has 0 aromatic rings. The molecule has 0 heterocycles. The molecule has 0 amide bonds. The minimum atomic E-state index is -0.0904. The van der Waals surface area contributed by atoms with Gasteiger partial charge in [0.2, 0.25) is 0 Å². The summed E-state index contributed by atoms with van der Waals surface area (Å²) < 4.78 is 0. The second-order valence-electron chi connectivity index (χ2n) is 4.44. The Labute approximate surface area is 80.2 Å². The van der Waals surface area contributed by atoms with E-state index < -0.39 is 0 Å². The summed E-state index contributed by atoms with van der Waals surface area (Å²) in [6.07, 6.45) is 7.24. The molecule has 1 aliphatic carbocycles. The molecule has 3 heteroatoms. The van der Waals surface area contributed by atoms with Crippen LogP contribution < -0.4 is 0 Å². The predicted octanol–water partition coefficient (Wildman–Crippen LogP) is 4.05. The highest BCUT2D eigenvalue weighted by molar-refractivity contribution is 4.89. The number of nitrogens with zero attached hydrogens (tertiary/aromatic N) is 3. The first-order valence-electron chi connectivity index (χ1n) is 5.26. The van der Waals surface area contributed by atoms with Crippen LogP contribution in [0.3, 0.4) is 0 Å². The Hall–Kier alpha value is -0.690. The van der Waals surface area contributed by atoms with Crippen molar-refractivity contribution in [1.29, 1.82) is 0 Å². The van der Waals surface area contributed by atoms with Crippen molar-refractivity contribution in [2.45, 2.75) is 57.9 Å². The number of hydrogen-bond acceptors (Lipinski definition) is 1. The third-order valence-electron chi connectivity index (χ3n) is 3.04. The maximum atomic E-state index is 8.46. The molecule has 0 N–H and O–H groups in total. The highest BCUT2D eigenvalue weighted by Gasteiger charge is 2.30. The van der Waals surface area contributed by atoms with Gasteiger partial charge in [0.25, 0.3) is 0 Å². The highest BCUT2D eigenvalue weighted by atomic mass is 15.2. The van der Waals surface area contributed by atoms with Crippen LogP contribution in [0.4, 0.5) is 0 Å². The van der Waals surface area contributed by atoms with E-state index in [2.05, 4.69) is 23.9 Å². The standard InChI is InChI=1S/C10H19N3/c1-3-5-9-6-4-7-10(2,8-9)12-13-11/h9H,3-8H2,1-2H3/t9-,10-/m1/s1. The third-order valence-corrected chi connectivity index (χ3v) is 3.04. The fraction of sp³-hybridized carbons (Fsp3) is 1.00. The van der Waals surface area contributed by atoms with Crippen LogP contribution in [0.1, 0.15) is 52.4 Å². The van der Waals surface area contributed by atoms with Crippen LogP contribution in [0.25, 0.3) is 10.4 Å². The van der Waals surface area contributed by atoms with E-state index >= 15 is 0 Å². The van der Waals surface area contributed by atoms with Gasteiger partial charge in [0.1, 0.15) is 0 Å². The van der Waals surface area contributed by atoms with Gasteiger partial charge in [-0.3, -0.25) is 0 Å². The van der Waals surface area contributed by atoms with Crippen molar-refractivity contribution >= 4 is 0 Å². The molecule has 0 aliphatic heterocycles. The van der Waals surface area contributed by atoms with Crippen LogP contribution in [0.15, 0.2) is 5.11 Å². The summed E-state index contributed by atoms with van der Waals surface area (Å²) in [4.78, 5) is 2.95. The molecule has 13 heavy (non-hydrogen) atoms. The minimum absolute atomic E-state index is 0.0904. The lowest BCUT2D eigenvalue weighted by Gasteiger charge is -2.34. The molecule has 0 spiro atoms. The first-order valence-corrected chi connectivity index (χ1v) is 5.26. The second-order valence-corrected chi connectivity index (χ2v) is 4.44. The Morgan fingerprint density at radius 3 is 3.00 bits per heavy atom. The SMILES string of the molecule is CCC[C@@H]1CCC[C@@](C)(N=[N+]=[N-])C1. The van der Waals surface area contributed by atoms with Crippen LogP contribution in [0, 0.1) is 5.92 Å². The minimum Gasteiger partial charge on any atom is -0.0875 e. The Kier molecular flexibility index (Phi) is 3.61. The van der Waals surface area contributed by atoms with E-state index in [-0.39, 0.29) is 5.54 Å². The van der Waals surface area contributed by atoms with Crippen LogP contribution in [0.2, 0.25) is 0 Å². The topological polar surface area (TPSA) is 48.8 Å². The lowest BCUT2D eigenvalue weighted by Crippen LogP contribution is -2.29. The summed E-state index contributed by atoms with van der Waals surface area (Å²) in [6.45, 7) is 4.31. The molecule has 1 saturated carbocycles. The zero-order valence-corrected chi connectivity index (χ0v) is 8.66. The maximum Gasteiger partial charge on any atom is 0.0462 e. The van der Waals surface area contributed by atoms with Gasteiger partial charge in [-0.25, -0.2) is 0 Å². The molecule has 0 saturated heterocycles. The average Bonchev–Trinajstić information content (AvgIpc) is 2.04. The summed E-state index contributed by atoms with van der Waals surface area (Å²) in [5.41, 5.74) is 8.37. The van der Waals surface area contributed by atoms with Gasteiger partial charge < -0.3 is 0 Å². The van der Waals surface area contributed by atoms with Gasteiger partial charge in [-0.2, -0.15) is 0 Å². The molecular formula is C10H19N3. The zero-order chi connectivity index (χ0) is 9.73. The molecule has 0 unspecified atom stereocenters. The Bertz CT molecular complexity index is 206. The molecule has 0 aromatic carbocycles. The van der Waals surface area contributed by atoms with E-state index in [4.69, 9.17) is 5.53 Å². The normalized spacial score (nSPS) is 33.8. The van der Waals surface area contributed by atoms with Crippen molar-refractivity contribution in [2.75, 3.05) is 0 Å². The summed E-state index contributed by atoms with van der Waals surface area (Å²) in [5, 5.41) is 3.93. The number of rotatable bonds is 3. The fourth-order valence-corrected chi connectivity index (χ4v) is 2.45. The molecule has 0 radical (unpaired) electrons. The van der Waals surface area contributed by atoms with E-state index in [0.29, 0.717) is 0 Å². The molecular weight excluding hydrogens is 162 g/mol. The van der Waals surface area contributed by atoms with Crippen LogP contribution >= 0.6 is 0 Å². The van der Waals surface area contributed by atoms with Gasteiger partial charge in [0.05, 0.1) is 0 Å². The Balaban J connectivity index is 2.54. The van der Waals surface area contributed by atoms with Crippen molar-refractivity contribution in [3.05, 3.63) is 10.4 Å².